The predicted molar refractivity (Wildman–Crippen MR) is 142 cm³/mol. The number of benzene rings is 2. The maximum Gasteiger partial charge on any atom is 0.407 e. The molecule has 0 radical (unpaired) electrons. The van der Waals surface area contributed by atoms with Crippen LogP contribution in [0.1, 0.15) is 32.3 Å². The van der Waals surface area contributed by atoms with Crippen LogP contribution in [0.15, 0.2) is 59.4 Å². The van der Waals surface area contributed by atoms with E-state index in [-0.39, 0.29) is 18.7 Å². The highest BCUT2D eigenvalue weighted by molar-refractivity contribution is 5.87. The normalized spacial score (nSPS) is 15.6. The van der Waals surface area contributed by atoms with Crippen LogP contribution < -0.4 is 10.9 Å². The van der Waals surface area contributed by atoms with Crippen molar-refractivity contribution in [3.63, 3.8) is 0 Å². The van der Waals surface area contributed by atoms with E-state index in [0.29, 0.717) is 41.7 Å². The summed E-state index contributed by atoms with van der Waals surface area (Å²) in [6.07, 6.45) is 4.04. The maximum atomic E-state index is 12.6. The van der Waals surface area contributed by atoms with Crippen LogP contribution in [0.5, 0.6) is 0 Å². The first-order chi connectivity index (χ1) is 18.1. The van der Waals surface area contributed by atoms with Crippen molar-refractivity contribution < 1.29 is 24.2 Å². The number of ether oxygens (including phenoxy) is 1. The molecule has 10 heteroatoms. The lowest BCUT2D eigenvalue weighted by molar-refractivity contribution is -0.147. The third-order valence-corrected chi connectivity index (χ3v) is 6.30. The number of likely N-dealkylation sites (tertiary alicyclic amines) is 1. The minimum Gasteiger partial charge on any atom is -0.480 e. The summed E-state index contributed by atoms with van der Waals surface area (Å²) in [4.78, 5) is 56.9. The Kier molecular flexibility index (Phi) is 7.90. The molecule has 1 aliphatic heterocycles. The second-order valence-electron chi connectivity index (χ2n) is 9.89. The summed E-state index contributed by atoms with van der Waals surface area (Å²) in [5.41, 5.74) is 2.43. The van der Waals surface area contributed by atoms with Crippen molar-refractivity contribution in [1.82, 2.24) is 20.2 Å². The van der Waals surface area contributed by atoms with Gasteiger partial charge in [0.15, 0.2) is 0 Å². The van der Waals surface area contributed by atoms with Crippen LogP contribution in [-0.2, 0) is 14.3 Å². The first-order valence-electron chi connectivity index (χ1n) is 12.3. The molecule has 3 N–H and O–H groups in total. The van der Waals surface area contributed by atoms with Crippen LogP contribution in [0.25, 0.3) is 28.4 Å². The standard InChI is InChI=1S/C28H30N4O6/c1-28(2,17-38-27(37)29-16-23(33)32-14-6-11-22(32)26(35)36)13-12-18-7-5-8-19(15-18)24-25(34)31-21-10-4-3-9-20(21)30-24/h3-5,7-10,12-13,15,22H,6,11,14,16-17H2,1-2H3,(H,29,37)(H,31,34)(H,35,36)/b13-12+. The number of carbonyl (C=O) groups excluding carboxylic acids is 2. The van der Waals surface area contributed by atoms with Gasteiger partial charge in [-0.3, -0.25) is 9.59 Å². The molecule has 10 nitrogen and oxygen atoms in total. The highest BCUT2D eigenvalue weighted by atomic mass is 16.5. The molecular formula is C28H30N4O6. The maximum absolute atomic E-state index is 12.6. The Hall–Kier alpha value is -4.47. The molecule has 1 saturated heterocycles. The quantitative estimate of drug-likeness (QED) is 0.415. The molecule has 2 aromatic carbocycles. The summed E-state index contributed by atoms with van der Waals surface area (Å²) in [7, 11) is 0. The van der Waals surface area contributed by atoms with Crippen molar-refractivity contribution in [2.24, 2.45) is 5.41 Å². The van der Waals surface area contributed by atoms with Crippen molar-refractivity contribution in [2.45, 2.75) is 32.7 Å². The molecule has 0 aliphatic carbocycles. The number of hydrogen-bond acceptors (Lipinski definition) is 6. The summed E-state index contributed by atoms with van der Waals surface area (Å²) in [6, 6.07) is 13.9. The van der Waals surface area contributed by atoms with Crippen LogP contribution >= 0.6 is 0 Å². The van der Waals surface area contributed by atoms with Crippen LogP contribution in [0.3, 0.4) is 0 Å². The molecule has 0 saturated carbocycles. The number of carboxylic acids is 1. The van der Waals surface area contributed by atoms with E-state index in [2.05, 4.69) is 15.3 Å². The molecule has 198 valence electrons. The van der Waals surface area contributed by atoms with Gasteiger partial charge < -0.3 is 25.0 Å². The number of nitrogens with one attached hydrogen (secondary N) is 2. The fraction of sp³-hybridized carbons (Fsp3) is 0.321. The third kappa shape index (κ3) is 6.44. The summed E-state index contributed by atoms with van der Waals surface area (Å²) in [5, 5.41) is 11.6. The van der Waals surface area contributed by atoms with E-state index in [0.717, 1.165) is 5.56 Å². The highest BCUT2D eigenvalue weighted by Crippen LogP contribution is 2.22. The van der Waals surface area contributed by atoms with Crippen molar-refractivity contribution >= 4 is 35.1 Å². The molecule has 1 aromatic heterocycles. The fourth-order valence-corrected chi connectivity index (χ4v) is 4.26. The third-order valence-electron chi connectivity index (χ3n) is 6.30. The number of aromatic nitrogens is 2. The Morgan fingerprint density at radius 1 is 1.21 bits per heavy atom. The van der Waals surface area contributed by atoms with Gasteiger partial charge in [-0.1, -0.05) is 56.3 Å². The lowest BCUT2D eigenvalue weighted by Gasteiger charge is -2.22. The summed E-state index contributed by atoms with van der Waals surface area (Å²) < 4.78 is 5.29. The molecule has 2 heterocycles. The van der Waals surface area contributed by atoms with Crippen molar-refractivity contribution in [1.29, 1.82) is 0 Å². The molecule has 1 atom stereocenters. The van der Waals surface area contributed by atoms with Gasteiger partial charge >= 0.3 is 12.1 Å². The van der Waals surface area contributed by atoms with Crippen molar-refractivity contribution in [3.8, 4) is 11.3 Å². The molecule has 0 bridgehead atoms. The fourth-order valence-electron chi connectivity index (χ4n) is 4.26. The van der Waals surface area contributed by atoms with E-state index in [4.69, 9.17) is 4.74 Å². The number of carboxylic acid groups (broad SMARTS) is 1. The number of alkyl carbamates (subject to hydrolysis) is 1. The molecule has 2 amide bonds. The van der Waals surface area contributed by atoms with E-state index in [1.165, 1.54) is 4.90 Å². The number of nitrogens with zero attached hydrogens (tertiary/aromatic N) is 2. The van der Waals surface area contributed by atoms with Gasteiger partial charge in [-0.05, 0) is 36.6 Å². The van der Waals surface area contributed by atoms with Gasteiger partial charge in [-0.15, -0.1) is 0 Å². The van der Waals surface area contributed by atoms with Crippen LogP contribution in [0.4, 0.5) is 4.79 Å². The zero-order valence-electron chi connectivity index (χ0n) is 21.3. The molecule has 4 rings (SSSR count). The lowest BCUT2D eigenvalue weighted by Crippen LogP contribution is -2.45. The largest absolute Gasteiger partial charge is 0.480 e. The summed E-state index contributed by atoms with van der Waals surface area (Å²) in [5.74, 6) is -1.50. The minimum atomic E-state index is -1.04. The van der Waals surface area contributed by atoms with E-state index in [1.54, 1.807) is 6.07 Å². The molecular weight excluding hydrogens is 488 g/mol. The van der Waals surface area contributed by atoms with E-state index >= 15 is 0 Å². The van der Waals surface area contributed by atoms with E-state index in [1.807, 2.05) is 68.5 Å². The number of H-pyrrole nitrogens is 1. The Morgan fingerprint density at radius 3 is 2.79 bits per heavy atom. The van der Waals surface area contributed by atoms with Crippen molar-refractivity contribution in [3.05, 3.63) is 70.5 Å². The van der Waals surface area contributed by atoms with Gasteiger partial charge in [-0.25, -0.2) is 14.6 Å². The molecule has 0 spiro atoms. The predicted octanol–water partition coefficient (Wildman–Crippen LogP) is 3.43. The summed E-state index contributed by atoms with van der Waals surface area (Å²) >= 11 is 0. The Balaban J connectivity index is 1.33. The number of fused-ring (bicyclic) bond motifs is 1. The summed E-state index contributed by atoms with van der Waals surface area (Å²) in [6.45, 7) is 3.87. The van der Waals surface area contributed by atoms with Gasteiger partial charge in [0, 0.05) is 17.5 Å². The van der Waals surface area contributed by atoms with Crippen LogP contribution in [-0.4, -0.2) is 63.7 Å². The monoisotopic (exact) mass is 518 g/mol. The van der Waals surface area contributed by atoms with Crippen LogP contribution in [0.2, 0.25) is 0 Å². The second-order valence-corrected chi connectivity index (χ2v) is 9.89. The van der Waals surface area contributed by atoms with Crippen molar-refractivity contribution in [2.75, 3.05) is 19.7 Å². The zero-order valence-corrected chi connectivity index (χ0v) is 21.3. The first-order valence-corrected chi connectivity index (χ1v) is 12.3. The van der Waals surface area contributed by atoms with Gasteiger partial charge in [-0.2, -0.15) is 0 Å². The van der Waals surface area contributed by atoms with Crippen LogP contribution in [0, 0.1) is 5.41 Å². The van der Waals surface area contributed by atoms with Gasteiger partial charge in [0.1, 0.15) is 24.9 Å². The molecule has 38 heavy (non-hydrogen) atoms. The number of carbonyl (C=O) groups is 3. The van der Waals surface area contributed by atoms with Gasteiger partial charge in [0.25, 0.3) is 5.56 Å². The Morgan fingerprint density at radius 2 is 2.00 bits per heavy atom. The topological polar surface area (TPSA) is 142 Å². The number of para-hydroxylation sites is 2. The SMILES string of the molecule is CC(C)(/C=C/c1cccc(-c2nc3ccccc3[nH]c2=O)c1)COC(=O)NCC(=O)N1CCCC1C(=O)O. The lowest BCUT2D eigenvalue weighted by atomic mass is 9.93. The molecule has 3 aromatic rings. The average molecular weight is 519 g/mol. The van der Waals surface area contributed by atoms with Gasteiger partial charge in [0.05, 0.1) is 11.0 Å². The van der Waals surface area contributed by atoms with E-state index in [9.17, 15) is 24.3 Å². The number of aliphatic carboxylic acids is 1. The Labute approximate surface area is 219 Å². The second kappa shape index (κ2) is 11.3. The first kappa shape index (κ1) is 26.6. The molecule has 1 aliphatic rings. The number of aromatic amines is 1. The number of rotatable bonds is 8. The molecule has 1 fully saturated rings. The van der Waals surface area contributed by atoms with E-state index < -0.39 is 29.4 Å². The number of amides is 2. The Bertz CT molecular complexity index is 1440. The highest BCUT2D eigenvalue weighted by Gasteiger charge is 2.33. The minimum absolute atomic E-state index is 0.0522. The number of hydrogen-bond donors (Lipinski definition) is 3. The smallest absolute Gasteiger partial charge is 0.407 e. The van der Waals surface area contributed by atoms with Gasteiger partial charge in [0.2, 0.25) is 5.91 Å². The average Bonchev–Trinajstić information content (AvgIpc) is 3.40. The zero-order chi connectivity index (χ0) is 27.3. The molecule has 1 unspecified atom stereocenters.